The first-order chi connectivity index (χ1) is 12.0. The number of nitrogens with zero attached hydrogens (tertiary/aromatic N) is 3. The number of rotatable bonds is 3. The lowest BCUT2D eigenvalue weighted by atomic mass is 10.1. The maximum absolute atomic E-state index is 12.5. The van der Waals surface area contributed by atoms with Crippen LogP contribution in [0.2, 0.25) is 0 Å². The van der Waals surface area contributed by atoms with Gasteiger partial charge >= 0.3 is 5.97 Å². The number of pyridine rings is 1. The quantitative estimate of drug-likeness (QED) is 0.911. The van der Waals surface area contributed by atoms with Gasteiger partial charge in [0, 0.05) is 19.3 Å². The number of ether oxygens (including phenoxy) is 1. The number of carboxylic acids is 1. The molecule has 0 saturated carbocycles. The van der Waals surface area contributed by atoms with Gasteiger partial charge in [0.05, 0.1) is 30.2 Å². The van der Waals surface area contributed by atoms with E-state index in [4.69, 9.17) is 4.74 Å². The molecule has 0 spiro atoms. The van der Waals surface area contributed by atoms with Gasteiger partial charge < -0.3 is 14.7 Å². The van der Waals surface area contributed by atoms with Gasteiger partial charge in [-0.15, -0.1) is 0 Å². The smallest absolute Gasteiger partial charge is 0.341 e. The molecular formula is C18H17N3O4. The maximum atomic E-state index is 12.5. The minimum atomic E-state index is -1.26. The van der Waals surface area contributed by atoms with Crippen LogP contribution >= 0.6 is 0 Å². The van der Waals surface area contributed by atoms with E-state index < -0.39 is 11.5 Å². The van der Waals surface area contributed by atoms with E-state index in [0.717, 1.165) is 5.69 Å². The van der Waals surface area contributed by atoms with Gasteiger partial charge in [-0.05, 0) is 36.8 Å². The van der Waals surface area contributed by atoms with Crippen LogP contribution in [-0.4, -0.2) is 41.9 Å². The Morgan fingerprint density at radius 1 is 1.28 bits per heavy atom. The number of carboxylic acid groups (broad SMARTS) is 1. The molecule has 1 aromatic carbocycles. The molecule has 0 unspecified atom stereocenters. The molecular weight excluding hydrogens is 322 g/mol. The lowest BCUT2D eigenvalue weighted by molar-refractivity contribution is 0.0693. The van der Waals surface area contributed by atoms with E-state index in [0.29, 0.717) is 43.1 Å². The number of carbonyl (C=O) groups is 1. The van der Waals surface area contributed by atoms with Gasteiger partial charge in [0.25, 0.3) is 5.56 Å². The van der Waals surface area contributed by atoms with Gasteiger partial charge in [-0.3, -0.25) is 9.36 Å². The second kappa shape index (κ2) is 6.79. The molecule has 2 heterocycles. The highest BCUT2D eigenvalue weighted by molar-refractivity contribution is 5.88. The number of hydrogen-bond acceptors (Lipinski definition) is 5. The fraction of sp³-hybridized carbons (Fsp3) is 0.278. The van der Waals surface area contributed by atoms with Gasteiger partial charge in [0.2, 0.25) is 0 Å². The largest absolute Gasteiger partial charge is 0.477 e. The van der Waals surface area contributed by atoms with E-state index in [-0.39, 0.29) is 5.56 Å². The van der Waals surface area contributed by atoms with Crippen molar-refractivity contribution in [3.8, 4) is 11.8 Å². The average molecular weight is 339 g/mol. The summed E-state index contributed by atoms with van der Waals surface area (Å²) in [5, 5.41) is 18.7. The molecule has 0 atom stereocenters. The van der Waals surface area contributed by atoms with E-state index in [2.05, 4.69) is 11.0 Å². The van der Waals surface area contributed by atoms with Crippen LogP contribution in [0.4, 0.5) is 5.69 Å². The van der Waals surface area contributed by atoms with E-state index in [1.165, 1.54) is 10.8 Å². The van der Waals surface area contributed by atoms with Gasteiger partial charge in [0.1, 0.15) is 11.6 Å². The standard InChI is InChI=1S/C18H17N3O4/c1-12-4-5-21(17(22)16(12)18(23)24)14-2-3-15(13(10-14)11-19)20-6-8-25-9-7-20/h2-5,10H,6-9H2,1H3,(H,23,24). The van der Waals surface area contributed by atoms with Crippen molar-refractivity contribution in [3.05, 3.63) is 57.5 Å². The highest BCUT2D eigenvalue weighted by Crippen LogP contribution is 2.24. The molecule has 1 saturated heterocycles. The lowest BCUT2D eigenvalue weighted by Crippen LogP contribution is -2.36. The zero-order valence-corrected chi connectivity index (χ0v) is 13.7. The number of hydrogen-bond donors (Lipinski definition) is 1. The van der Waals surface area contributed by atoms with Crippen molar-refractivity contribution in [1.29, 1.82) is 5.26 Å². The molecule has 0 amide bonds. The Labute approximate surface area is 144 Å². The summed E-state index contributed by atoms with van der Waals surface area (Å²) in [5.41, 5.74) is 1.20. The Kier molecular flexibility index (Phi) is 4.55. The van der Waals surface area contributed by atoms with Gasteiger partial charge in [-0.25, -0.2) is 4.79 Å². The second-order valence-electron chi connectivity index (χ2n) is 5.77. The van der Waals surface area contributed by atoms with Crippen molar-refractivity contribution in [2.45, 2.75) is 6.92 Å². The molecule has 1 aliphatic heterocycles. The van der Waals surface area contributed by atoms with Crippen molar-refractivity contribution in [3.63, 3.8) is 0 Å². The third-order valence-electron chi connectivity index (χ3n) is 4.25. The summed E-state index contributed by atoms with van der Waals surface area (Å²) < 4.78 is 6.58. The number of benzene rings is 1. The SMILES string of the molecule is Cc1ccn(-c2ccc(N3CCOCC3)c(C#N)c2)c(=O)c1C(=O)O. The molecule has 7 heteroatoms. The van der Waals surface area contributed by atoms with E-state index in [1.54, 1.807) is 31.2 Å². The zero-order chi connectivity index (χ0) is 18.0. The van der Waals surface area contributed by atoms with Crippen LogP contribution in [0.25, 0.3) is 5.69 Å². The molecule has 0 bridgehead atoms. The molecule has 1 aliphatic rings. The summed E-state index contributed by atoms with van der Waals surface area (Å²) in [6.07, 6.45) is 1.52. The number of aromatic carboxylic acids is 1. The highest BCUT2D eigenvalue weighted by atomic mass is 16.5. The summed E-state index contributed by atoms with van der Waals surface area (Å²) in [7, 11) is 0. The van der Waals surface area contributed by atoms with Crippen LogP contribution in [0.3, 0.4) is 0 Å². The van der Waals surface area contributed by atoms with Crippen molar-refractivity contribution >= 4 is 11.7 Å². The highest BCUT2D eigenvalue weighted by Gasteiger charge is 2.18. The van der Waals surface area contributed by atoms with Crippen molar-refractivity contribution < 1.29 is 14.6 Å². The Hall–Kier alpha value is -3.11. The first-order valence-corrected chi connectivity index (χ1v) is 7.85. The molecule has 7 nitrogen and oxygen atoms in total. The number of nitriles is 1. The fourth-order valence-electron chi connectivity index (χ4n) is 2.93. The molecule has 0 radical (unpaired) electrons. The van der Waals surface area contributed by atoms with Crippen LogP contribution in [0, 0.1) is 18.3 Å². The van der Waals surface area contributed by atoms with Crippen molar-refractivity contribution in [1.82, 2.24) is 4.57 Å². The lowest BCUT2D eigenvalue weighted by Gasteiger charge is -2.29. The maximum Gasteiger partial charge on any atom is 0.341 e. The number of aryl methyl sites for hydroxylation is 1. The van der Waals surface area contributed by atoms with Crippen LogP contribution < -0.4 is 10.5 Å². The molecule has 0 aliphatic carbocycles. The van der Waals surface area contributed by atoms with Crippen LogP contribution in [0.15, 0.2) is 35.3 Å². The summed E-state index contributed by atoms with van der Waals surface area (Å²) in [6.45, 7) is 4.18. The van der Waals surface area contributed by atoms with Crippen LogP contribution in [0.5, 0.6) is 0 Å². The predicted molar refractivity (Wildman–Crippen MR) is 91.5 cm³/mol. The monoisotopic (exact) mass is 339 g/mol. The number of morpholine rings is 1. The zero-order valence-electron chi connectivity index (χ0n) is 13.7. The minimum Gasteiger partial charge on any atom is -0.477 e. The van der Waals surface area contributed by atoms with Gasteiger partial charge in [-0.1, -0.05) is 0 Å². The summed E-state index contributed by atoms with van der Waals surface area (Å²) in [5.74, 6) is -1.26. The first kappa shape index (κ1) is 16.7. The van der Waals surface area contributed by atoms with Crippen LogP contribution in [0.1, 0.15) is 21.5 Å². The predicted octanol–water partition coefficient (Wildman–Crippen LogP) is 1.55. The fourth-order valence-corrected chi connectivity index (χ4v) is 2.93. The summed E-state index contributed by atoms with van der Waals surface area (Å²) >= 11 is 0. The summed E-state index contributed by atoms with van der Waals surface area (Å²) in [6, 6.07) is 8.84. The normalized spacial score (nSPS) is 14.2. The Bertz CT molecular complexity index is 921. The van der Waals surface area contributed by atoms with Gasteiger partial charge in [0.15, 0.2) is 0 Å². The molecule has 2 aromatic rings. The second-order valence-corrected chi connectivity index (χ2v) is 5.77. The van der Waals surface area contributed by atoms with Crippen molar-refractivity contribution in [2.24, 2.45) is 0 Å². The first-order valence-electron chi connectivity index (χ1n) is 7.85. The molecule has 1 fully saturated rings. The number of anilines is 1. The van der Waals surface area contributed by atoms with Gasteiger partial charge in [-0.2, -0.15) is 5.26 Å². The topological polar surface area (TPSA) is 95.6 Å². The van der Waals surface area contributed by atoms with Crippen molar-refractivity contribution in [2.75, 3.05) is 31.2 Å². The van der Waals surface area contributed by atoms with E-state index >= 15 is 0 Å². The Morgan fingerprint density at radius 3 is 2.64 bits per heavy atom. The third kappa shape index (κ3) is 3.12. The Balaban J connectivity index is 2.08. The van der Waals surface area contributed by atoms with E-state index in [1.807, 2.05) is 0 Å². The molecule has 25 heavy (non-hydrogen) atoms. The van der Waals surface area contributed by atoms with E-state index in [9.17, 15) is 20.0 Å². The molecule has 1 N–H and O–H groups in total. The number of aromatic nitrogens is 1. The Morgan fingerprint density at radius 2 is 2.00 bits per heavy atom. The molecule has 128 valence electrons. The third-order valence-corrected chi connectivity index (χ3v) is 4.25. The molecule has 3 rings (SSSR count). The van der Waals surface area contributed by atoms with Crippen LogP contribution in [-0.2, 0) is 4.74 Å². The molecule has 1 aromatic heterocycles. The summed E-state index contributed by atoms with van der Waals surface area (Å²) in [4.78, 5) is 25.9. The minimum absolute atomic E-state index is 0.265. The average Bonchev–Trinajstić information content (AvgIpc) is 2.62.